The molecule has 0 bridgehead atoms. The number of carbonyl (C=O) groups is 5. The van der Waals surface area contributed by atoms with Gasteiger partial charge in [0.2, 0.25) is 17.6 Å². The van der Waals surface area contributed by atoms with Gasteiger partial charge in [0.25, 0.3) is 0 Å². The van der Waals surface area contributed by atoms with Gasteiger partial charge in [0.1, 0.15) is 6.04 Å². The van der Waals surface area contributed by atoms with Crippen LogP contribution in [0.15, 0.2) is 0 Å². The molecule has 0 aromatic heterocycles. The fourth-order valence-corrected chi connectivity index (χ4v) is 3.27. The quantitative estimate of drug-likeness (QED) is 0.292. The highest BCUT2D eigenvalue weighted by molar-refractivity contribution is 8.14. The van der Waals surface area contributed by atoms with E-state index in [0.717, 1.165) is 11.8 Å². The average molecular weight is 417 g/mol. The molecule has 3 atom stereocenters. The van der Waals surface area contributed by atoms with Crippen molar-refractivity contribution in [3.8, 4) is 0 Å². The highest BCUT2D eigenvalue weighted by Gasteiger charge is 2.33. The molecule has 1 N–H and O–H groups in total. The van der Waals surface area contributed by atoms with Crippen LogP contribution in [-0.4, -0.2) is 64.6 Å². The number of likely N-dealkylation sites (N-methyl/N-ethyl adjacent to an activating group) is 1. The summed E-state index contributed by atoms with van der Waals surface area (Å²) in [7, 11) is 0. The number of amides is 2. The maximum atomic E-state index is 12.8. The van der Waals surface area contributed by atoms with Crippen LogP contribution in [0.4, 0.5) is 0 Å². The summed E-state index contributed by atoms with van der Waals surface area (Å²) in [6, 6.07) is -0.909. The van der Waals surface area contributed by atoms with Crippen molar-refractivity contribution in [3.63, 3.8) is 0 Å². The van der Waals surface area contributed by atoms with Crippen molar-refractivity contribution in [2.24, 2.45) is 5.92 Å². The Hall–Kier alpha value is -1.90. The minimum Gasteiger partial charge on any atom is -0.460 e. The van der Waals surface area contributed by atoms with Gasteiger partial charge in [-0.05, 0) is 27.2 Å². The number of ether oxygens (including phenoxy) is 1. The van der Waals surface area contributed by atoms with E-state index >= 15 is 0 Å². The first-order chi connectivity index (χ1) is 13.1. The van der Waals surface area contributed by atoms with E-state index in [9.17, 15) is 24.0 Å². The number of hydrogen-bond acceptors (Lipinski definition) is 7. The van der Waals surface area contributed by atoms with Gasteiger partial charge in [0.15, 0.2) is 5.12 Å². The number of esters is 1. The van der Waals surface area contributed by atoms with Gasteiger partial charge in [-0.3, -0.25) is 19.2 Å². The number of Topliss-reactive ketones (excluding diaryl/α,β-unsaturated/α-hetero) is 1. The summed E-state index contributed by atoms with van der Waals surface area (Å²) in [5, 5.41) is 1.58. The molecular weight excluding hydrogens is 384 g/mol. The van der Waals surface area contributed by atoms with Crippen LogP contribution in [-0.2, 0) is 28.7 Å². The van der Waals surface area contributed by atoms with Crippen molar-refractivity contribution in [3.05, 3.63) is 0 Å². The van der Waals surface area contributed by atoms with E-state index in [2.05, 4.69) is 10.1 Å². The van der Waals surface area contributed by atoms with Crippen molar-refractivity contribution in [1.29, 1.82) is 0 Å². The zero-order valence-corrected chi connectivity index (χ0v) is 18.4. The molecule has 0 radical (unpaired) electrons. The normalized spacial score (nSPS) is 13.8. The molecule has 28 heavy (non-hydrogen) atoms. The lowest BCUT2D eigenvalue weighted by atomic mass is 10.1. The first kappa shape index (κ1) is 26.1. The van der Waals surface area contributed by atoms with Crippen LogP contribution in [0.1, 0.15) is 54.4 Å². The summed E-state index contributed by atoms with van der Waals surface area (Å²) < 4.78 is 4.58. The number of thioether (sulfide) groups is 1. The molecule has 0 fully saturated rings. The molecule has 0 saturated heterocycles. The maximum Gasteiger partial charge on any atom is 0.375 e. The molecule has 8 nitrogen and oxygen atoms in total. The van der Waals surface area contributed by atoms with Crippen LogP contribution in [0.5, 0.6) is 0 Å². The van der Waals surface area contributed by atoms with Crippen molar-refractivity contribution < 1.29 is 28.7 Å². The standard InChI is InChI=1S/C19H32N2O6S/c1-7-12(5)17(24)20-16(18(25)21(8-2)9-3)13(6)28-15(23)11-14(22)19(26)27-10-4/h12-13,16H,7-11H2,1-6H3,(H,20,24). The van der Waals surface area contributed by atoms with Crippen molar-refractivity contribution in [2.45, 2.75) is 65.7 Å². The van der Waals surface area contributed by atoms with Crippen molar-refractivity contribution in [2.75, 3.05) is 19.7 Å². The Morgan fingerprint density at radius 2 is 1.57 bits per heavy atom. The molecule has 0 rings (SSSR count). The van der Waals surface area contributed by atoms with E-state index in [-0.39, 0.29) is 24.3 Å². The molecule has 9 heteroatoms. The van der Waals surface area contributed by atoms with Crippen LogP contribution >= 0.6 is 11.8 Å². The highest BCUT2D eigenvalue weighted by atomic mass is 32.2. The lowest BCUT2D eigenvalue weighted by Crippen LogP contribution is -2.54. The third kappa shape index (κ3) is 8.41. The Kier molecular flexibility index (Phi) is 12.4. The van der Waals surface area contributed by atoms with Gasteiger partial charge in [0, 0.05) is 24.3 Å². The van der Waals surface area contributed by atoms with E-state index in [1.807, 2.05) is 20.8 Å². The van der Waals surface area contributed by atoms with Crippen LogP contribution < -0.4 is 5.32 Å². The van der Waals surface area contributed by atoms with E-state index in [1.54, 1.807) is 25.7 Å². The highest BCUT2D eigenvalue weighted by Crippen LogP contribution is 2.20. The molecular formula is C19H32N2O6S. The van der Waals surface area contributed by atoms with Gasteiger partial charge in [-0.15, -0.1) is 0 Å². The number of nitrogens with one attached hydrogen (secondary N) is 1. The number of rotatable bonds is 12. The molecule has 160 valence electrons. The summed E-state index contributed by atoms with van der Waals surface area (Å²) in [5.41, 5.74) is 0. The van der Waals surface area contributed by atoms with Crippen molar-refractivity contribution >= 4 is 40.4 Å². The molecule has 3 unspecified atom stereocenters. The van der Waals surface area contributed by atoms with Crippen molar-refractivity contribution in [1.82, 2.24) is 10.2 Å². The topological polar surface area (TPSA) is 110 Å². The predicted octanol–water partition coefficient (Wildman–Crippen LogP) is 1.56. The van der Waals surface area contributed by atoms with Crippen LogP contribution in [0.3, 0.4) is 0 Å². The number of ketones is 1. The molecule has 0 aromatic rings. The Labute approximate surface area is 171 Å². The molecule has 0 aliphatic carbocycles. The molecule has 0 aliphatic rings. The Balaban J connectivity index is 5.23. The minimum absolute atomic E-state index is 0.0460. The number of carbonyl (C=O) groups excluding carboxylic acids is 5. The summed E-state index contributed by atoms with van der Waals surface area (Å²) in [6.45, 7) is 11.5. The Bertz CT molecular complexity index is 577. The zero-order valence-electron chi connectivity index (χ0n) is 17.6. The third-order valence-corrected chi connectivity index (χ3v) is 5.34. The predicted molar refractivity (Wildman–Crippen MR) is 108 cm³/mol. The molecule has 0 saturated carbocycles. The van der Waals surface area contributed by atoms with E-state index in [1.165, 1.54) is 0 Å². The Morgan fingerprint density at radius 1 is 1.00 bits per heavy atom. The third-order valence-electron chi connectivity index (χ3n) is 4.29. The van der Waals surface area contributed by atoms with Gasteiger partial charge in [-0.1, -0.05) is 32.5 Å². The summed E-state index contributed by atoms with van der Waals surface area (Å²) in [6.07, 6.45) is 0.00579. The van der Waals surface area contributed by atoms with E-state index < -0.39 is 34.6 Å². The molecule has 0 spiro atoms. The smallest absolute Gasteiger partial charge is 0.375 e. The number of hydrogen-bond donors (Lipinski definition) is 1. The second kappa shape index (κ2) is 13.3. The van der Waals surface area contributed by atoms with Gasteiger partial charge in [-0.25, -0.2) is 4.79 Å². The van der Waals surface area contributed by atoms with Crippen LogP contribution in [0, 0.1) is 5.92 Å². The fraction of sp³-hybridized carbons (Fsp3) is 0.737. The molecule has 0 aliphatic heterocycles. The SMILES string of the molecule is CCOC(=O)C(=O)CC(=O)SC(C)C(NC(=O)C(C)CC)C(=O)N(CC)CC. The van der Waals surface area contributed by atoms with Crippen LogP contribution in [0.2, 0.25) is 0 Å². The van der Waals surface area contributed by atoms with Gasteiger partial charge in [-0.2, -0.15) is 0 Å². The van der Waals surface area contributed by atoms with Gasteiger partial charge >= 0.3 is 5.97 Å². The molecule has 0 heterocycles. The maximum absolute atomic E-state index is 12.8. The number of nitrogens with zero attached hydrogens (tertiary/aromatic N) is 1. The van der Waals surface area contributed by atoms with Gasteiger partial charge in [0.05, 0.1) is 13.0 Å². The molecule has 2 amide bonds. The monoisotopic (exact) mass is 416 g/mol. The summed E-state index contributed by atoms with van der Waals surface area (Å²) in [4.78, 5) is 62.0. The second-order valence-corrected chi connectivity index (χ2v) is 7.76. The second-order valence-electron chi connectivity index (χ2n) is 6.32. The zero-order chi connectivity index (χ0) is 21.9. The minimum atomic E-state index is -1.05. The molecule has 0 aromatic carbocycles. The van der Waals surface area contributed by atoms with Gasteiger partial charge < -0.3 is 15.0 Å². The largest absolute Gasteiger partial charge is 0.460 e. The average Bonchev–Trinajstić information content (AvgIpc) is 2.65. The Morgan fingerprint density at radius 3 is 2.04 bits per heavy atom. The fourth-order valence-electron chi connectivity index (χ4n) is 2.32. The first-order valence-corrected chi connectivity index (χ1v) is 10.5. The lowest BCUT2D eigenvalue weighted by molar-refractivity contribution is -0.154. The summed E-state index contributed by atoms with van der Waals surface area (Å²) in [5.74, 6) is -2.81. The summed E-state index contributed by atoms with van der Waals surface area (Å²) >= 11 is 0.770. The first-order valence-electron chi connectivity index (χ1n) is 9.61. The van der Waals surface area contributed by atoms with E-state index in [4.69, 9.17) is 0 Å². The van der Waals surface area contributed by atoms with Crippen LogP contribution in [0.25, 0.3) is 0 Å². The lowest BCUT2D eigenvalue weighted by Gasteiger charge is -2.29. The van der Waals surface area contributed by atoms with E-state index in [0.29, 0.717) is 19.5 Å².